The van der Waals surface area contributed by atoms with Crippen molar-refractivity contribution in [3.05, 3.63) is 41.2 Å². The van der Waals surface area contributed by atoms with Gasteiger partial charge in [-0.1, -0.05) is 0 Å². The monoisotopic (exact) mass is 379 g/mol. The fraction of sp³-hybridized carbons (Fsp3) is 0.353. The van der Waals surface area contributed by atoms with Gasteiger partial charge >= 0.3 is 0 Å². The van der Waals surface area contributed by atoms with Gasteiger partial charge < -0.3 is 20.5 Å². The van der Waals surface area contributed by atoms with Crippen molar-refractivity contribution in [2.45, 2.75) is 25.8 Å². The Morgan fingerprint density at radius 3 is 2.92 bits per heavy atom. The van der Waals surface area contributed by atoms with Crippen LogP contribution in [0.4, 0.5) is 15.8 Å². The van der Waals surface area contributed by atoms with Crippen molar-refractivity contribution in [3.8, 4) is 0 Å². The lowest BCUT2D eigenvalue weighted by Crippen LogP contribution is -2.22. The number of carbonyl (C=O) groups excluding carboxylic acids is 2. The Morgan fingerprint density at radius 1 is 1.23 bits per heavy atom. The molecule has 0 fully saturated rings. The number of hydrogen-bond donors (Lipinski definition) is 3. The van der Waals surface area contributed by atoms with E-state index < -0.39 is 11.7 Å². The van der Waals surface area contributed by atoms with Gasteiger partial charge in [0, 0.05) is 38.7 Å². The summed E-state index contributed by atoms with van der Waals surface area (Å²) >= 11 is 0. The molecular formula is C17H19ClFN5O2. The lowest BCUT2D eigenvalue weighted by Gasteiger charge is -2.20. The zero-order valence-corrected chi connectivity index (χ0v) is 14.8. The van der Waals surface area contributed by atoms with E-state index in [-0.39, 0.29) is 29.7 Å². The minimum absolute atomic E-state index is 0. The van der Waals surface area contributed by atoms with E-state index in [9.17, 15) is 14.0 Å². The number of anilines is 2. The number of fused-ring (bicyclic) bond motifs is 2. The summed E-state index contributed by atoms with van der Waals surface area (Å²) in [6.07, 6.45) is 3.22. The Balaban J connectivity index is 0.00000196. The number of rotatable bonds is 2. The summed E-state index contributed by atoms with van der Waals surface area (Å²) in [5.74, 6) is -0.154. The molecule has 0 saturated carbocycles. The first kappa shape index (κ1) is 18.3. The van der Waals surface area contributed by atoms with Crippen LogP contribution in [-0.2, 0) is 24.2 Å². The lowest BCUT2D eigenvalue weighted by atomic mass is 10.0. The molecule has 0 aliphatic carbocycles. The molecular weight excluding hydrogens is 361 g/mol. The number of hydrogen-bond acceptors (Lipinski definition) is 4. The van der Waals surface area contributed by atoms with Crippen molar-refractivity contribution in [3.63, 3.8) is 0 Å². The van der Waals surface area contributed by atoms with Crippen LogP contribution in [0.15, 0.2) is 18.3 Å². The van der Waals surface area contributed by atoms with Crippen molar-refractivity contribution >= 4 is 35.6 Å². The van der Waals surface area contributed by atoms with Gasteiger partial charge in [-0.3, -0.25) is 9.59 Å². The van der Waals surface area contributed by atoms with Gasteiger partial charge in [-0.25, -0.2) is 9.37 Å². The highest BCUT2D eigenvalue weighted by atomic mass is 35.5. The first-order chi connectivity index (χ1) is 12.1. The predicted molar refractivity (Wildman–Crippen MR) is 97.4 cm³/mol. The molecule has 7 nitrogen and oxygen atoms in total. The first-order valence-electron chi connectivity index (χ1n) is 8.30. The van der Waals surface area contributed by atoms with Crippen LogP contribution in [0.1, 0.15) is 28.3 Å². The molecule has 0 bridgehead atoms. The summed E-state index contributed by atoms with van der Waals surface area (Å²) in [6.45, 7) is 2.40. The van der Waals surface area contributed by atoms with Crippen LogP contribution < -0.4 is 16.0 Å². The zero-order chi connectivity index (χ0) is 17.4. The van der Waals surface area contributed by atoms with E-state index in [4.69, 9.17) is 0 Å². The Hall–Kier alpha value is -2.45. The van der Waals surface area contributed by atoms with E-state index in [0.717, 1.165) is 31.9 Å². The van der Waals surface area contributed by atoms with Crippen molar-refractivity contribution in [2.24, 2.45) is 0 Å². The van der Waals surface area contributed by atoms with Crippen LogP contribution in [0.5, 0.6) is 0 Å². The molecule has 4 rings (SSSR count). The summed E-state index contributed by atoms with van der Waals surface area (Å²) in [7, 11) is 0. The highest BCUT2D eigenvalue weighted by molar-refractivity contribution is 6.07. The number of carbonyl (C=O) groups is 2. The molecule has 2 aliphatic rings. The second kappa shape index (κ2) is 7.43. The number of aryl methyl sites for hydroxylation is 1. The Kier molecular flexibility index (Phi) is 5.24. The maximum absolute atomic E-state index is 13.8. The highest BCUT2D eigenvalue weighted by Gasteiger charge is 2.22. The van der Waals surface area contributed by atoms with E-state index in [1.165, 1.54) is 12.1 Å². The van der Waals surface area contributed by atoms with Crippen LogP contribution >= 0.6 is 12.4 Å². The standard InChI is InChI=1S/C17H18FN5O2.ClH/c18-11-7-10-1-2-15(24)22-16(10)12(8-11)21-17(25)13-9-23-6-5-19-4-3-14(23)20-13;/h7-9,19H,1-6H2,(H,21,25)(H,22,24);1H. The number of halogens is 2. The van der Waals surface area contributed by atoms with Crippen LogP contribution in [-0.4, -0.2) is 34.5 Å². The molecule has 2 aromatic rings. The Bertz CT molecular complexity index is 844. The number of aromatic nitrogens is 2. The van der Waals surface area contributed by atoms with Crippen LogP contribution in [0.3, 0.4) is 0 Å². The van der Waals surface area contributed by atoms with Gasteiger partial charge in [-0.15, -0.1) is 12.4 Å². The predicted octanol–water partition coefficient (Wildman–Crippen LogP) is 1.73. The molecule has 0 spiro atoms. The van der Waals surface area contributed by atoms with E-state index in [2.05, 4.69) is 20.9 Å². The minimum Gasteiger partial charge on any atom is -0.333 e. The second-order valence-electron chi connectivity index (χ2n) is 6.23. The molecule has 1 aromatic heterocycles. The third-order valence-electron chi connectivity index (χ3n) is 4.47. The highest BCUT2D eigenvalue weighted by Crippen LogP contribution is 2.32. The summed E-state index contributed by atoms with van der Waals surface area (Å²) in [6, 6.07) is 2.60. The smallest absolute Gasteiger partial charge is 0.275 e. The van der Waals surface area contributed by atoms with Crippen LogP contribution in [0.2, 0.25) is 0 Å². The van der Waals surface area contributed by atoms with Gasteiger partial charge in [-0.2, -0.15) is 0 Å². The molecule has 2 aliphatic heterocycles. The Labute approximate surface area is 155 Å². The maximum atomic E-state index is 13.8. The van der Waals surface area contributed by atoms with Crippen molar-refractivity contribution in [2.75, 3.05) is 23.7 Å². The summed E-state index contributed by atoms with van der Waals surface area (Å²) in [5.41, 5.74) is 1.70. The summed E-state index contributed by atoms with van der Waals surface area (Å²) in [5, 5.41) is 8.67. The zero-order valence-electron chi connectivity index (χ0n) is 14.0. The largest absolute Gasteiger partial charge is 0.333 e. The van der Waals surface area contributed by atoms with Crippen molar-refractivity contribution < 1.29 is 14.0 Å². The van der Waals surface area contributed by atoms with Gasteiger partial charge in [0.25, 0.3) is 5.91 Å². The lowest BCUT2D eigenvalue weighted by molar-refractivity contribution is -0.116. The molecule has 2 amide bonds. The summed E-state index contributed by atoms with van der Waals surface area (Å²) in [4.78, 5) is 28.6. The number of nitrogens with one attached hydrogen (secondary N) is 3. The fourth-order valence-electron chi connectivity index (χ4n) is 3.22. The third-order valence-corrected chi connectivity index (χ3v) is 4.47. The summed E-state index contributed by atoms with van der Waals surface area (Å²) < 4.78 is 15.8. The van der Waals surface area contributed by atoms with Crippen molar-refractivity contribution in [1.82, 2.24) is 14.9 Å². The molecule has 1 aromatic carbocycles. The average Bonchev–Trinajstić information content (AvgIpc) is 2.86. The first-order valence-corrected chi connectivity index (χ1v) is 8.30. The quantitative estimate of drug-likeness (QED) is 0.741. The topological polar surface area (TPSA) is 88.0 Å². The SMILES string of the molecule is Cl.O=C1CCc2cc(F)cc(NC(=O)c3cn4c(n3)CCNCC4)c2N1. The molecule has 0 saturated heterocycles. The van der Waals surface area contributed by atoms with Gasteiger partial charge in [0.2, 0.25) is 5.91 Å². The van der Waals surface area contributed by atoms with Crippen LogP contribution in [0, 0.1) is 5.82 Å². The third kappa shape index (κ3) is 3.56. The van der Waals surface area contributed by atoms with Crippen molar-refractivity contribution in [1.29, 1.82) is 0 Å². The number of imidazole rings is 1. The number of amides is 2. The van der Waals surface area contributed by atoms with E-state index >= 15 is 0 Å². The van der Waals surface area contributed by atoms with E-state index in [0.29, 0.717) is 24.1 Å². The number of nitrogens with zero attached hydrogens (tertiary/aromatic N) is 2. The van der Waals surface area contributed by atoms with Gasteiger partial charge in [0.05, 0.1) is 11.4 Å². The molecule has 26 heavy (non-hydrogen) atoms. The molecule has 3 N–H and O–H groups in total. The minimum atomic E-state index is -0.447. The molecule has 0 unspecified atom stereocenters. The average molecular weight is 380 g/mol. The molecule has 138 valence electrons. The second-order valence-corrected chi connectivity index (χ2v) is 6.23. The van der Waals surface area contributed by atoms with E-state index in [1.807, 2.05) is 4.57 Å². The Morgan fingerprint density at radius 2 is 2.08 bits per heavy atom. The molecule has 9 heteroatoms. The normalized spacial score (nSPS) is 15.8. The van der Waals surface area contributed by atoms with E-state index in [1.54, 1.807) is 6.20 Å². The molecule has 3 heterocycles. The van der Waals surface area contributed by atoms with Gasteiger partial charge in [-0.05, 0) is 24.1 Å². The van der Waals surface area contributed by atoms with Crippen LogP contribution in [0.25, 0.3) is 0 Å². The van der Waals surface area contributed by atoms with Gasteiger partial charge in [0.1, 0.15) is 17.3 Å². The fourth-order valence-corrected chi connectivity index (χ4v) is 3.22. The molecule has 0 radical (unpaired) electrons. The number of benzene rings is 1. The van der Waals surface area contributed by atoms with Gasteiger partial charge in [0.15, 0.2) is 0 Å². The molecule has 0 atom stereocenters. The maximum Gasteiger partial charge on any atom is 0.275 e.